The Morgan fingerprint density at radius 2 is 1.64 bits per heavy atom. The lowest BCUT2D eigenvalue weighted by Gasteiger charge is -2.35. The van der Waals surface area contributed by atoms with Gasteiger partial charge >= 0.3 is 0 Å². The van der Waals surface area contributed by atoms with E-state index in [1.54, 1.807) is 0 Å². The first-order valence-corrected chi connectivity index (χ1v) is 7.39. The Bertz CT molecular complexity index is 443. The lowest BCUT2D eigenvalue weighted by Crippen LogP contribution is -2.49. The summed E-state index contributed by atoms with van der Waals surface area (Å²) in [6.45, 7) is 9.27. The lowest BCUT2D eigenvalue weighted by molar-refractivity contribution is -0.132. The van der Waals surface area contributed by atoms with Crippen molar-refractivity contribution in [3.05, 3.63) is 29.8 Å². The van der Waals surface area contributed by atoms with Crippen molar-refractivity contribution in [3.8, 4) is 0 Å². The Morgan fingerprint density at radius 3 is 2.14 bits per heavy atom. The number of anilines is 1. The summed E-state index contributed by atoms with van der Waals surface area (Å²) < 4.78 is 0. The summed E-state index contributed by atoms with van der Waals surface area (Å²) in [6, 6.07) is 7.57. The highest BCUT2D eigenvalue weighted by molar-refractivity contribution is 5.85. The molecule has 0 atom stereocenters. The van der Waals surface area contributed by atoms with E-state index < -0.39 is 0 Å². The summed E-state index contributed by atoms with van der Waals surface area (Å²) in [7, 11) is 0. The second-order valence-corrected chi connectivity index (χ2v) is 5.99. The summed E-state index contributed by atoms with van der Waals surface area (Å²) in [4.78, 5) is 16.7. The summed E-state index contributed by atoms with van der Waals surface area (Å²) in [6.07, 6.45) is 0.477. The predicted octanol–water partition coefficient (Wildman–Crippen LogP) is 2.46. The molecule has 0 radical (unpaired) electrons. The van der Waals surface area contributed by atoms with Crippen LogP contribution >= 0.6 is 24.8 Å². The van der Waals surface area contributed by atoms with Gasteiger partial charge in [0, 0.05) is 38.4 Å². The molecule has 0 aromatic heterocycles. The van der Waals surface area contributed by atoms with E-state index in [4.69, 9.17) is 5.73 Å². The van der Waals surface area contributed by atoms with Crippen molar-refractivity contribution in [1.29, 1.82) is 0 Å². The Morgan fingerprint density at radius 1 is 1.09 bits per heavy atom. The molecule has 1 fully saturated rings. The van der Waals surface area contributed by atoms with Gasteiger partial charge in [0.2, 0.25) is 5.91 Å². The summed E-state index contributed by atoms with van der Waals surface area (Å²) in [5, 5.41) is 0. The molecular weight excluding hydrogens is 321 g/mol. The number of hydrogen-bond donors (Lipinski definition) is 1. The van der Waals surface area contributed by atoms with Gasteiger partial charge in [-0.15, -0.1) is 24.8 Å². The average Bonchev–Trinajstić information content (AvgIpc) is 2.41. The quantitative estimate of drug-likeness (QED) is 0.851. The maximum atomic E-state index is 12.3. The fourth-order valence-corrected chi connectivity index (χ4v) is 2.62. The second kappa shape index (κ2) is 9.93. The zero-order valence-electron chi connectivity index (χ0n) is 13.3. The number of rotatable bonds is 4. The molecular formula is C16H27Cl2N3O. The molecule has 126 valence electrons. The van der Waals surface area contributed by atoms with Gasteiger partial charge in [-0.3, -0.25) is 9.69 Å². The molecule has 2 N–H and O–H groups in total. The van der Waals surface area contributed by atoms with Gasteiger partial charge in [-0.25, -0.2) is 0 Å². The van der Waals surface area contributed by atoms with Gasteiger partial charge in [0.15, 0.2) is 0 Å². The lowest BCUT2D eigenvalue weighted by atomic mass is 10.1. The molecule has 4 nitrogen and oxygen atoms in total. The van der Waals surface area contributed by atoms with Crippen molar-refractivity contribution in [2.45, 2.75) is 20.3 Å². The van der Waals surface area contributed by atoms with E-state index in [0.717, 1.165) is 44.0 Å². The minimum Gasteiger partial charge on any atom is -0.399 e. The van der Waals surface area contributed by atoms with Gasteiger partial charge in [0.05, 0.1) is 6.42 Å². The Kier molecular flexibility index (Phi) is 9.49. The molecule has 1 aromatic carbocycles. The van der Waals surface area contributed by atoms with Gasteiger partial charge < -0.3 is 10.6 Å². The fourth-order valence-electron chi connectivity index (χ4n) is 2.62. The second-order valence-electron chi connectivity index (χ2n) is 5.99. The fraction of sp³-hybridized carbons (Fsp3) is 0.562. The first kappa shape index (κ1) is 21.0. The third-order valence-corrected chi connectivity index (χ3v) is 3.68. The number of benzene rings is 1. The first-order valence-electron chi connectivity index (χ1n) is 7.39. The molecule has 0 aliphatic carbocycles. The smallest absolute Gasteiger partial charge is 0.227 e. The van der Waals surface area contributed by atoms with Crippen LogP contribution in [0.3, 0.4) is 0 Å². The highest BCUT2D eigenvalue weighted by atomic mass is 35.5. The first-order chi connectivity index (χ1) is 9.54. The van der Waals surface area contributed by atoms with Crippen LogP contribution in [0.25, 0.3) is 0 Å². The molecule has 1 aromatic rings. The van der Waals surface area contributed by atoms with Crippen LogP contribution < -0.4 is 5.73 Å². The minimum absolute atomic E-state index is 0. The zero-order chi connectivity index (χ0) is 14.5. The molecule has 1 aliphatic heterocycles. The SMILES string of the molecule is CC(C)CN1CCN(C(=O)Cc2ccc(N)cc2)CC1.Cl.Cl. The van der Waals surface area contributed by atoms with Crippen LogP contribution in [0, 0.1) is 5.92 Å². The maximum Gasteiger partial charge on any atom is 0.227 e. The van der Waals surface area contributed by atoms with E-state index >= 15 is 0 Å². The number of piperazine rings is 1. The summed E-state index contributed by atoms with van der Waals surface area (Å²) in [5.41, 5.74) is 7.43. The number of nitrogen functional groups attached to an aromatic ring is 1. The predicted molar refractivity (Wildman–Crippen MR) is 96.9 cm³/mol. The van der Waals surface area contributed by atoms with Gasteiger partial charge in [0.1, 0.15) is 0 Å². The highest BCUT2D eigenvalue weighted by Crippen LogP contribution is 2.10. The number of hydrogen-bond acceptors (Lipinski definition) is 3. The highest BCUT2D eigenvalue weighted by Gasteiger charge is 2.21. The molecule has 1 saturated heterocycles. The molecule has 1 heterocycles. The number of nitrogens with two attached hydrogens (primary N) is 1. The van der Waals surface area contributed by atoms with Gasteiger partial charge in [0.25, 0.3) is 0 Å². The number of nitrogens with zero attached hydrogens (tertiary/aromatic N) is 2. The van der Waals surface area contributed by atoms with Crippen molar-refractivity contribution in [1.82, 2.24) is 9.80 Å². The van der Waals surface area contributed by atoms with Crippen molar-refractivity contribution in [2.24, 2.45) is 5.92 Å². The van der Waals surface area contributed by atoms with Gasteiger partial charge in [-0.2, -0.15) is 0 Å². The monoisotopic (exact) mass is 347 g/mol. The van der Waals surface area contributed by atoms with E-state index in [-0.39, 0.29) is 30.7 Å². The molecule has 1 aliphatic rings. The van der Waals surface area contributed by atoms with Gasteiger partial charge in [-0.1, -0.05) is 26.0 Å². The van der Waals surface area contributed by atoms with Crippen LogP contribution in [-0.2, 0) is 11.2 Å². The molecule has 22 heavy (non-hydrogen) atoms. The minimum atomic E-state index is 0. The molecule has 2 rings (SSSR count). The van der Waals surface area contributed by atoms with Crippen LogP contribution in [0.5, 0.6) is 0 Å². The molecule has 0 saturated carbocycles. The molecule has 0 unspecified atom stereocenters. The summed E-state index contributed by atoms with van der Waals surface area (Å²) in [5.74, 6) is 0.908. The van der Waals surface area contributed by atoms with Crippen LogP contribution in [0.15, 0.2) is 24.3 Å². The number of carbonyl (C=O) groups is 1. The Hall–Kier alpha value is -0.970. The van der Waals surface area contributed by atoms with Crippen molar-refractivity contribution in [2.75, 3.05) is 38.5 Å². The van der Waals surface area contributed by atoms with E-state index in [1.807, 2.05) is 29.2 Å². The molecule has 0 spiro atoms. The molecule has 6 heteroatoms. The van der Waals surface area contributed by atoms with E-state index in [1.165, 1.54) is 0 Å². The van der Waals surface area contributed by atoms with Crippen molar-refractivity contribution in [3.63, 3.8) is 0 Å². The van der Waals surface area contributed by atoms with E-state index in [0.29, 0.717) is 12.3 Å². The average molecular weight is 348 g/mol. The van der Waals surface area contributed by atoms with Crippen LogP contribution in [0.1, 0.15) is 19.4 Å². The van der Waals surface area contributed by atoms with Crippen molar-refractivity contribution >= 4 is 36.4 Å². The topological polar surface area (TPSA) is 49.6 Å². The van der Waals surface area contributed by atoms with Crippen LogP contribution in [-0.4, -0.2) is 48.4 Å². The van der Waals surface area contributed by atoms with E-state index in [9.17, 15) is 4.79 Å². The zero-order valence-corrected chi connectivity index (χ0v) is 15.0. The van der Waals surface area contributed by atoms with Crippen LogP contribution in [0.4, 0.5) is 5.69 Å². The van der Waals surface area contributed by atoms with E-state index in [2.05, 4.69) is 18.7 Å². The maximum absolute atomic E-state index is 12.3. The molecule has 0 bridgehead atoms. The van der Waals surface area contributed by atoms with Crippen LogP contribution in [0.2, 0.25) is 0 Å². The Balaban J connectivity index is 0.00000220. The number of carbonyl (C=O) groups excluding carboxylic acids is 1. The van der Waals surface area contributed by atoms with Gasteiger partial charge in [-0.05, 0) is 23.6 Å². The Labute approximate surface area is 145 Å². The normalized spacial score (nSPS) is 15.1. The summed E-state index contributed by atoms with van der Waals surface area (Å²) >= 11 is 0. The third kappa shape index (κ3) is 6.42. The standard InChI is InChI=1S/C16H25N3O.2ClH/c1-13(2)12-18-7-9-19(10-8-18)16(20)11-14-3-5-15(17)6-4-14;;/h3-6,13H,7-12,17H2,1-2H3;2*1H. The number of amides is 1. The largest absolute Gasteiger partial charge is 0.399 e. The van der Waals surface area contributed by atoms with Crippen molar-refractivity contribution < 1.29 is 4.79 Å². The molecule has 1 amide bonds. The third-order valence-electron chi connectivity index (χ3n) is 3.68. The number of halogens is 2.